The van der Waals surface area contributed by atoms with Crippen molar-refractivity contribution in [3.63, 3.8) is 0 Å². The summed E-state index contributed by atoms with van der Waals surface area (Å²) in [4.78, 5) is 15.3. The molecule has 8 nitrogen and oxygen atoms in total. The average Bonchev–Trinajstić information content (AvgIpc) is 3.24. The fourth-order valence-corrected chi connectivity index (χ4v) is 4.30. The third-order valence-corrected chi connectivity index (χ3v) is 5.79. The van der Waals surface area contributed by atoms with Gasteiger partial charge in [-0.15, -0.1) is 21.5 Å². The summed E-state index contributed by atoms with van der Waals surface area (Å²) in [5, 5.41) is 21.1. The molecule has 0 aromatic carbocycles. The van der Waals surface area contributed by atoms with E-state index in [0.29, 0.717) is 41.1 Å². The molecule has 1 amide bonds. The second kappa shape index (κ2) is 7.76. The highest BCUT2D eigenvalue weighted by Gasteiger charge is 2.36. The Labute approximate surface area is 170 Å². The van der Waals surface area contributed by atoms with Gasteiger partial charge in [0, 0.05) is 12.0 Å². The molecule has 0 unspecified atom stereocenters. The number of nitrogens with zero attached hydrogens (tertiary/aromatic N) is 4. The van der Waals surface area contributed by atoms with Crippen LogP contribution >= 0.6 is 22.9 Å². The van der Waals surface area contributed by atoms with Gasteiger partial charge in [-0.05, 0) is 44.0 Å². The van der Waals surface area contributed by atoms with E-state index >= 15 is 0 Å². The quantitative estimate of drug-likeness (QED) is 0.627. The standard InChI is InChI=1S/C18H18ClN5O3S/c1-2-27-12-3-4-13(20-9-12)17-23-22-16(10-7-11(8-10)21-18(25)26)24(17)15-6-5-14(19)28-15/h3-6,9-11,21H,2,7-8H2,1H3,(H,25,26)/t10-,11-. The number of hydrogen-bond acceptors (Lipinski definition) is 6. The summed E-state index contributed by atoms with van der Waals surface area (Å²) in [5.41, 5.74) is 0.672. The first-order chi connectivity index (χ1) is 13.5. The molecule has 3 aromatic rings. The molecule has 3 heterocycles. The highest BCUT2D eigenvalue weighted by Crippen LogP contribution is 2.39. The zero-order valence-electron chi connectivity index (χ0n) is 15.0. The minimum absolute atomic E-state index is 0.0633. The minimum atomic E-state index is -1.01. The summed E-state index contributed by atoms with van der Waals surface area (Å²) < 4.78 is 8.08. The van der Waals surface area contributed by atoms with Crippen molar-refractivity contribution in [1.82, 2.24) is 25.1 Å². The van der Waals surface area contributed by atoms with E-state index in [2.05, 4.69) is 20.5 Å². The van der Waals surface area contributed by atoms with Crippen molar-refractivity contribution in [1.29, 1.82) is 0 Å². The van der Waals surface area contributed by atoms with Crippen molar-refractivity contribution in [2.75, 3.05) is 6.61 Å². The lowest BCUT2D eigenvalue weighted by atomic mass is 9.79. The van der Waals surface area contributed by atoms with Gasteiger partial charge in [-0.3, -0.25) is 4.57 Å². The summed E-state index contributed by atoms with van der Waals surface area (Å²) >= 11 is 7.58. The molecule has 0 saturated heterocycles. The normalized spacial score (nSPS) is 18.5. The summed E-state index contributed by atoms with van der Waals surface area (Å²) in [6.07, 6.45) is 2.02. The number of thiophene rings is 1. The van der Waals surface area contributed by atoms with Gasteiger partial charge in [-0.1, -0.05) is 11.6 Å². The van der Waals surface area contributed by atoms with E-state index < -0.39 is 6.09 Å². The number of ether oxygens (including phenoxy) is 1. The predicted octanol–water partition coefficient (Wildman–Crippen LogP) is 3.96. The number of aromatic nitrogens is 4. The molecule has 0 bridgehead atoms. The first-order valence-corrected chi connectivity index (χ1v) is 10.0. The number of carboxylic acid groups (broad SMARTS) is 1. The second-order valence-electron chi connectivity index (χ2n) is 6.42. The zero-order chi connectivity index (χ0) is 19.7. The molecule has 3 aromatic heterocycles. The first-order valence-electron chi connectivity index (χ1n) is 8.85. The molecular formula is C18H18ClN5O3S. The Morgan fingerprint density at radius 1 is 1.36 bits per heavy atom. The first kappa shape index (κ1) is 18.7. The van der Waals surface area contributed by atoms with Crippen LogP contribution in [0.4, 0.5) is 4.79 Å². The molecule has 0 aliphatic heterocycles. The fourth-order valence-electron chi connectivity index (χ4n) is 3.25. The molecule has 1 aliphatic rings. The highest BCUT2D eigenvalue weighted by molar-refractivity contribution is 7.18. The van der Waals surface area contributed by atoms with E-state index in [1.165, 1.54) is 11.3 Å². The molecule has 1 aliphatic carbocycles. The van der Waals surface area contributed by atoms with E-state index in [-0.39, 0.29) is 12.0 Å². The Hall–Kier alpha value is -2.65. The van der Waals surface area contributed by atoms with Gasteiger partial charge in [0.1, 0.15) is 22.3 Å². The van der Waals surface area contributed by atoms with Crippen LogP contribution in [0, 0.1) is 0 Å². The number of nitrogens with one attached hydrogen (secondary N) is 1. The van der Waals surface area contributed by atoms with Crippen molar-refractivity contribution >= 4 is 29.0 Å². The Morgan fingerprint density at radius 3 is 2.79 bits per heavy atom. The molecule has 10 heteroatoms. The number of amides is 1. The van der Waals surface area contributed by atoms with Crippen LogP contribution in [0.15, 0.2) is 30.5 Å². The van der Waals surface area contributed by atoms with Crippen LogP contribution in [0.2, 0.25) is 4.34 Å². The van der Waals surface area contributed by atoms with Gasteiger partial charge in [0.05, 0.1) is 17.1 Å². The van der Waals surface area contributed by atoms with Gasteiger partial charge in [-0.2, -0.15) is 0 Å². The third kappa shape index (κ3) is 3.67. The van der Waals surface area contributed by atoms with Crippen molar-refractivity contribution < 1.29 is 14.6 Å². The van der Waals surface area contributed by atoms with Crippen molar-refractivity contribution in [2.45, 2.75) is 31.7 Å². The Morgan fingerprint density at radius 2 is 2.18 bits per heavy atom. The van der Waals surface area contributed by atoms with E-state index in [1.807, 2.05) is 35.8 Å². The number of carbonyl (C=O) groups is 1. The van der Waals surface area contributed by atoms with Gasteiger partial charge in [0.25, 0.3) is 0 Å². The highest BCUT2D eigenvalue weighted by atomic mass is 35.5. The smallest absolute Gasteiger partial charge is 0.404 e. The number of halogens is 1. The van der Waals surface area contributed by atoms with Crippen LogP contribution in [0.25, 0.3) is 16.5 Å². The molecule has 2 N–H and O–H groups in total. The second-order valence-corrected chi connectivity index (χ2v) is 8.12. The van der Waals surface area contributed by atoms with Gasteiger partial charge >= 0.3 is 6.09 Å². The predicted molar refractivity (Wildman–Crippen MR) is 106 cm³/mol. The molecule has 146 valence electrons. The molecule has 0 spiro atoms. The summed E-state index contributed by atoms with van der Waals surface area (Å²) in [7, 11) is 0. The lowest BCUT2D eigenvalue weighted by molar-refractivity contribution is 0.176. The molecule has 1 fully saturated rings. The SMILES string of the molecule is CCOc1ccc(-c2nnc([C@H]3C[C@H](NC(=O)O)C3)n2-c2ccc(Cl)s2)nc1. The van der Waals surface area contributed by atoms with Gasteiger partial charge in [0.2, 0.25) is 0 Å². The molecule has 0 atom stereocenters. The lowest BCUT2D eigenvalue weighted by Crippen LogP contribution is -2.43. The lowest BCUT2D eigenvalue weighted by Gasteiger charge is -2.34. The largest absolute Gasteiger partial charge is 0.492 e. The molecule has 4 rings (SSSR count). The van der Waals surface area contributed by atoms with Crippen molar-refractivity contribution in [3.05, 3.63) is 40.6 Å². The van der Waals surface area contributed by atoms with Crippen LogP contribution in [0.1, 0.15) is 31.5 Å². The number of rotatable bonds is 6. The van der Waals surface area contributed by atoms with Crippen LogP contribution in [0.5, 0.6) is 5.75 Å². The topological polar surface area (TPSA) is 102 Å². The van der Waals surface area contributed by atoms with E-state index in [0.717, 1.165) is 10.8 Å². The van der Waals surface area contributed by atoms with Gasteiger partial charge < -0.3 is 15.2 Å². The molecule has 0 radical (unpaired) electrons. The van der Waals surface area contributed by atoms with E-state index in [1.54, 1.807) is 6.20 Å². The summed E-state index contributed by atoms with van der Waals surface area (Å²) in [6, 6.07) is 7.38. The van der Waals surface area contributed by atoms with Crippen molar-refractivity contribution in [2.24, 2.45) is 0 Å². The maximum Gasteiger partial charge on any atom is 0.404 e. The monoisotopic (exact) mass is 419 g/mol. The number of hydrogen-bond donors (Lipinski definition) is 2. The van der Waals surface area contributed by atoms with Crippen LogP contribution in [-0.4, -0.2) is 43.6 Å². The minimum Gasteiger partial charge on any atom is -0.492 e. The number of pyridine rings is 1. The van der Waals surface area contributed by atoms with Crippen LogP contribution < -0.4 is 10.1 Å². The zero-order valence-corrected chi connectivity index (χ0v) is 16.6. The van der Waals surface area contributed by atoms with Crippen molar-refractivity contribution in [3.8, 4) is 22.3 Å². The van der Waals surface area contributed by atoms with Gasteiger partial charge in [-0.25, -0.2) is 9.78 Å². The van der Waals surface area contributed by atoms with Crippen LogP contribution in [-0.2, 0) is 0 Å². The van der Waals surface area contributed by atoms with Gasteiger partial charge in [0.15, 0.2) is 5.82 Å². The molecule has 28 heavy (non-hydrogen) atoms. The maximum absolute atomic E-state index is 10.8. The summed E-state index contributed by atoms with van der Waals surface area (Å²) in [6.45, 7) is 2.49. The fraction of sp³-hybridized carbons (Fsp3) is 0.333. The van der Waals surface area contributed by atoms with E-state index in [4.69, 9.17) is 21.4 Å². The Kier molecular flexibility index (Phi) is 5.19. The van der Waals surface area contributed by atoms with Crippen LogP contribution in [0.3, 0.4) is 0 Å². The molecule has 1 saturated carbocycles. The molecular weight excluding hydrogens is 402 g/mol. The average molecular weight is 420 g/mol. The Balaban J connectivity index is 1.67. The third-order valence-electron chi connectivity index (χ3n) is 4.57. The van der Waals surface area contributed by atoms with E-state index in [9.17, 15) is 4.79 Å². The summed E-state index contributed by atoms with van der Waals surface area (Å²) in [5.74, 6) is 2.21. The maximum atomic E-state index is 10.8. The Bertz CT molecular complexity index is 982.